The molecule has 0 aromatic heterocycles. The van der Waals surface area contributed by atoms with Gasteiger partial charge in [-0.1, -0.05) is 50.6 Å². The Morgan fingerprint density at radius 3 is 1.34 bits per heavy atom. The van der Waals surface area contributed by atoms with Crippen molar-refractivity contribution in [3.63, 3.8) is 0 Å². The Hall–Kier alpha value is -6.73. The molecule has 1 rings (SSSR count). The number of rotatable bonds is 36. The summed E-state index contributed by atoms with van der Waals surface area (Å²) in [4.78, 5) is 142. The number of carboxylic acid groups (broad SMARTS) is 2. The quantitative estimate of drug-likeness (QED) is 0.0294. The summed E-state index contributed by atoms with van der Waals surface area (Å²) < 4.78 is 0. The van der Waals surface area contributed by atoms with Crippen LogP contribution in [-0.2, 0) is 59.2 Å². The molecular weight excluding hydrogens is 917 g/mol. The molecule has 0 heterocycles. The lowest BCUT2D eigenvalue weighted by Crippen LogP contribution is -2.60. The Morgan fingerprint density at radius 1 is 0.486 bits per heavy atom. The van der Waals surface area contributed by atoms with Gasteiger partial charge < -0.3 is 76.1 Å². The average Bonchev–Trinajstić information content (AvgIpc) is 3.29. The molecule has 25 nitrogen and oxygen atoms in total. The predicted octanol–water partition coefficient (Wildman–Crippen LogP) is -3.25. The summed E-state index contributed by atoms with van der Waals surface area (Å²) in [6.45, 7) is 5.33. The summed E-state index contributed by atoms with van der Waals surface area (Å²) in [7, 11) is 0. The van der Waals surface area contributed by atoms with Crippen molar-refractivity contribution in [1.29, 1.82) is 0 Å². The molecule has 19 N–H and O–H groups in total. The fraction of sp³-hybridized carbons (Fsp3) is 0.622. The molecule has 0 aliphatic rings. The molecule has 0 radical (unpaired) electrons. The van der Waals surface area contributed by atoms with Crippen LogP contribution in [0.25, 0.3) is 0 Å². The number of amides is 9. The van der Waals surface area contributed by atoms with Gasteiger partial charge in [0.05, 0.1) is 6.04 Å². The van der Waals surface area contributed by atoms with E-state index in [2.05, 4.69) is 37.2 Å². The van der Waals surface area contributed by atoms with Gasteiger partial charge >= 0.3 is 11.9 Å². The third-order valence-corrected chi connectivity index (χ3v) is 10.8. The third-order valence-electron chi connectivity index (χ3n) is 10.8. The highest BCUT2D eigenvalue weighted by Gasteiger charge is 2.34. The lowest BCUT2D eigenvalue weighted by Gasteiger charge is -2.28. The molecule has 25 heteroatoms. The molecule has 70 heavy (non-hydrogen) atoms. The monoisotopic (exact) mass is 991 g/mol. The highest BCUT2D eigenvalue weighted by Crippen LogP contribution is 2.11. The maximum absolute atomic E-state index is 13.9. The lowest BCUT2D eigenvalue weighted by molar-refractivity contribution is -0.142. The summed E-state index contributed by atoms with van der Waals surface area (Å²) in [5.74, 6) is -11.0. The zero-order chi connectivity index (χ0) is 52.9. The van der Waals surface area contributed by atoms with Gasteiger partial charge in [-0.05, 0) is 89.3 Å². The Kier molecular flexibility index (Phi) is 28.8. The van der Waals surface area contributed by atoms with Crippen LogP contribution >= 0.6 is 0 Å². The third kappa shape index (κ3) is 25.0. The molecule has 0 unspecified atom stereocenters. The van der Waals surface area contributed by atoms with E-state index in [9.17, 15) is 63.0 Å². The fourth-order valence-electron chi connectivity index (χ4n) is 6.85. The van der Waals surface area contributed by atoms with E-state index in [0.717, 1.165) is 0 Å². The van der Waals surface area contributed by atoms with E-state index >= 15 is 0 Å². The Morgan fingerprint density at radius 2 is 0.886 bits per heavy atom. The van der Waals surface area contributed by atoms with Gasteiger partial charge in [0.25, 0.3) is 0 Å². The highest BCUT2D eigenvalue weighted by atomic mass is 16.4. The number of carbonyl (C=O) groups is 11. The van der Waals surface area contributed by atoms with Crippen molar-refractivity contribution in [2.24, 2.45) is 34.6 Å². The molecule has 8 atom stereocenters. The first-order valence-corrected chi connectivity index (χ1v) is 23.3. The van der Waals surface area contributed by atoms with Crippen LogP contribution in [0.15, 0.2) is 30.3 Å². The van der Waals surface area contributed by atoms with Gasteiger partial charge in [-0.3, -0.25) is 47.9 Å². The van der Waals surface area contributed by atoms with E-state index in [0.29, 0.717) is 50.8 Å². The van der Waals surface area contributed by atoms with Crippen LogP contribution in [-0.4, -0.2) is 137 Å². The van der Waals surface area contributed by atoms with Gasteiger partial charge in [-0.2, -0.15) is 0 Å². The number of unbranched alkanes of at least 4 members (excludes halogenated alkanes) is 2. The molecule has 0 bridgehead atoms. The van der Waals surface area contributed by atoms with E-state index in [1.807, 2.05) is 0 Å². The largest absolute Gasteiger partial charge is 0.481 e. The highest BCUT2D eigenvalue weighted by molar-refractivity contribution is 5.98. The van der Waals surface area contributed by atoms with Gasteiger partial charge in [-0.15, -0.1) is 0 Å². The SMILES string of the molecule is CC(C)C[C@H](NC(=O)[C@H](CCC(N)=O)NC(=O)[C@H](CCCCN)NC(=O)[C@@H](N)CCCCN)C(=O)N[C@@H](CCC(=O)O)C(=O)N[C@@H](C)C(=O)N[C@@H](CCC(N)=O)C(=O)N[C@@H](Cc1ccccc1)C(=O)O. The molecule has 0 saturated heterocycles. The van der Waals surface area contributed by atoms with Crippen LogP contribution in [0.5, 0.6) is 0 Å². The maximum atomic E-state index is 13.9. The zero-order valence-corrected chi connectivity index (χ0v) is 40.2. The predicted molar refractivity (Wildman–Crippen MR) is 254 cm³/mol. The first-order chi connectivity index (χ1) is 33.0. The lowest BCUT2D eigenvalue weighted by atomic mass is 10.0. The summed E-state index contributed by atoms with van der Waals surface area (Å²) in [6.07, 6.45) is -0.270. The Labute approximate surface area is 407 Å². The van der Waals surface area contributed by atoms with Crippen LogP contribution in [0.4, 0.5) is 0 Å². The summed E-state index contributed by atoms with van der Waals surface area (Å²) in [5.41, 5.74) is 28.5. The van der Waals surface area contributed by atoms with Crippen molar-refractivity contribution in [2.45, 2.75) is 159 Å². The molecule has 9 amide bonds. The maximum Gasteiger partial charge on any atom is 0.326 e. The molecule has 1 aromatic rings. The van der Waals surface area contributed by atoms with Crippen LogP contribution in [0, 0.1) is 5.92 Å². The smallest absolute Gasteiger partial charge is 0.326 e. The first-order valence-electron chi connectivity index (χ1n) is 23.3. The van der Waals surface area contributed by atoms with Gasteiger partial charge in [0.2, 0.25) is 53.2 Å². The standard InChI is InChI=1S/C45H74N12O13/c1-25(2)23-33(56-42(66)31(16-19-36(50)59)54-41(65)29(14-8-10-22-47)53-39(63)28(48)13-7-9-21-46)44(68)55-32(17-20-37(60)61)40(64)51-26(3)38(62)52-30(15-18-35(49)58)43(67)57-34(45(69)70)24-27-11-5-4-6-12-27/h4-6,11-12,25-26,28-34H,7-10,13-24,46-48H2,1-3H3,(H2,49,58)(H2,50,59)(H,51,64)(H,52,62)(H,53,63)(H,54,65)(H,55,68)(H,56,66)(H,57,67)(H,60,61)(H,69,70)/t26-,28-,29-,30-,31-,32-,33-,34-/m0/s1. The van der Waals surface area contributed by atoms with Crippen molar-refractivity contribution < 1.29 is 63.0 Å². The second-order valence-electron chi connectivity index (χ2n) is 17.4. The molecular formula is C45H74N12O13. The zero-order valence-electron chi connectivity index (χ0n) is 40.2. The fourth-order valence-corrected chi connectivity index (χ4v) is 6.85. The number of carboxylic acids is 2. The Bertz CT molecular complexity index is 1920. The molecule has 0 fully saturated rings. The Balaban J connectivity index is 3.33. The van der Waals surface area contributed by atoms with E-state index in [4.69, 9.17) is 28.7 Å². The van der Waals surface area contributed by atoms with Crippen LogP contribution in [0.2, 0.25) is 0 Å². The normalized spacial score (nSPS) is 14.4. The summed E-state index contributed by atoms with van der Waals surface area (Å²) in [5, 5.41) is 36.5. The minimum atomic E-state index is -1.63. The molecule has 0 aliphatic heterocycles. The molecule has 0 aliphatic carbocycles. The molecule has 0 spiro atoms. The van der Waals surface area contributed by atoms with E-state index < -0.39 is 133 Å². The minimum Gasteiger partial charge on any atom is -0.481 e. The van der Waals surface area contributed by atoms with Gasteiger partial charge in [0.15, 0.2) is 0 Å². The number of primary amides is 2. The van der Waals surface area contributed by atoms with E-state index in [-0.39, 0.29) is 44.4 Å². The summed E-state index contributed by atoms with van der Waals surface area (Å²) >= 11 is 0. The van der Waals surface area contributed by atoms with Crippen molar-refractivity contribution in [3.05, 3.63) is 35.9 Å². The molecule has 0 saturated carbocycles. The van der Waals surface area contributed by atoms with Gasteiger partial charge in [0, 0.05) is 25.7 Å². The van der Waals surface area contributed by atoms with Crippen LogP contribution in [0.3, 0.4) is 0 Å². The van der Waals surface area contributed by atoms with E-state index in [1.54, 1.807) is 44.2 Å². The topological polar surface area (TPSA) is 443 Å². The van der Waals surface area contributed by atoms with Crippen molar-refractivity contribution in [1.82, 2.24) is 37.2 Å². The van der Waals surface area contributed by atoms with E-state index in [1.165, 1.54) is 6.92 Å². The number of benzene rings is 1. The summed E-state index contributed by atoms with van der Waals surface area (Å²) in [6, 6.07) is -2.72. The number of hydrogen-bond donors (Lipinski definition) is 14. The average molecular weight is 991 g/mol. The number of nitrogens with one attached hydrogen (secondary N) is 7. The van der Waals surface area contributed by atoms with Crippen molar-refractivity contribution in [2.75, 3.05) is 13.1 Å². The minimum absolute atomic E-state index is 0.0528. The van der Waals surface area contributed by atoms with Crippen LogP contribution in [0.1, 0.15) is 110 Å². The van der Waals surface area contributed by atoms with Crippen molar-refractivity contribution in [3.8, 4) is 0 Å². The number of aliphatic carboxylic acids is 2. The second kappa shape index (κ2) is 32.9. The number of nitrogens with two attached hydrogens (primary N) is 5. The second-order valence-corrected chi connectivity index (χ2v) is 17.4. The number of carbonyl (C=O) groups excluding carboxylic acids is 9. The van der Waals surface area contributed by atoms with Gasteiger partial charge in [-0.25, -0.2) is 4.79 Å². The van der Waals surface area contributed by atoms with Gasteiger partial charge in [0.1, 0.15) is 42.3 Å². The molecule has 392 valence electrons. The van der Waals surface area contributed by atoms with Crippen molar-refractivity contribution >= 4 is 65.1 Å². The number of hydrogen-bond acceptors (Lipinski definition) is 14. The first kappa shape index (κ1) is 61.3. The molecule has 1 aromatic carbocycles. The van der Waals surface area contributed by atoms with Crippen LogP contribution < -0.4 is 65.9 Å².